The van der Waals surface area contributed by atoms with Gasteiger partial charge in [0, 0.05) is 18.3 Å². The Bertz CT molecular complexity index is 318. The van der Waals surface area contributed by atoms with E-state index in [4.69, 9.17) is 0 Å². The van der Waals surface area contributed by atoms with Crippen molar-refractivity contribution in [2.24, 2.45) is 0 Å². The summed E-state index contributed by atoms with van der Waals surface area (Å²) in [6, 6.07) is 2.10. The third-order valence-electron chi connectivity index (χ3n) is 2.07. The minimum absolute atomic E-state index is 0.237. The molecule has 1 rings (SSSR count). The van der Waals surface area contributed by atoms with Crippen molar-refractivity contribution in [3.8, 4) is 0 Å². The van der Waals surface area contributed by atoms with Gasteiger partial charge in [-0.1, -0.05) is 6.07 Å². The van der Waals surface area contributed by atoms with Crippen molar-refractivity contribution >= 4 is 5.78 Å². The third kappa shape index (κ3) is 2.98. The second-order valence-corrected chi connectivity index (χ2v) is 3.46. The van der Waals surface area contributed by atoms with Gasteiger partial charge in [-0.2, -0.15) is 0 Å². The fraction of sp³-hybridized carbons (Fsp3) is 0.455. The fourth-order valence-corrected chi connectivity index (χ4v) is 1.26. The van der Waals surface area contributed by atoms with Gasteiger partial charge in [0.1, 0.15) is 5.78 Å². The van der Waals surface area contributed by atoms with Gasteiger partial charge < -0.3 is 4.79 Å². The van der Waals surface area contributed by atoms with Crippen molar-refractivity contribution < 1.29 is 4.79 Å². The maximum Gasteiger partial charge on any atom is 0.130 e. The summed E-state index contributed by atoms with van der Waals surface area (Å²) < 4.78 is 0. The summed E-state index contributed by atoms with van der Waals surface area (Å²) in [4.78, 5) is 15.0. The predicted molar refractivity (Wildman–Crippen MR) is 52.7 cm³/mol. The molecule has 70 valence electrons. The molecule has 2 nitrogen and oxygen atoms in total. The standard InChI is InChI=1S/C11H15NO/c1-8-6-11(5-4-9(2)13)10(3)12-7-8/h6-7H,4-5H2,1-3H3. The molecule has 0 aromatic carbocycles. The van der Waals surface area contributed by atoms with Gasteiger partial charge in [0.2, 0.25) is 0 Å². The molecule has 0 fully saturated rings. The van der Waals surface area contributed by atoms with Crippen LogP contribution in [0.15, 0.2) is 12.3 Å². The zero-order chi connectivity index (χ0) is 9.84. The van der Waals surface area contributed by atoms with Gasteiger partial charge in [0.05, 0.1) is 0 Å². The van der Waals surface area contributed by atoms with Crippen molar-refractivity contribution in [2.75, 3.05) is 0 Å². The molecule has 13 heavy (non-hydrogen) atoms. The topological polar surface area (TPSA) is 30.0 Å². The number of nitrogens with zero attached hydrogens (tertiary/aromatic N) is 1. The fourth-order valence-electron chi connectivity index (χ4n) is 1.26. The van der Waals surface area contributed by atoms with Gasteiger partial charge in [-0.05, 0) is 38.3 Å². The van der Waals surface area contributed by atoms with Crippen molar-refractivity contribution in [1.82, 2.24) is 4.98 Å². The summed E-state index contributed by atoms with van der Waals surface area (Å²) in [5.74, 6) is 0.237. The number of pyridine rings is 1. The predicted octanol–water partition coefficient (Wildman–Crippen LogP) is 2.22. The highest BCUT2D eigenvalue weighted by molar-refractivity contribution is 5.75. The minimum Gasteiger partial charge on any atom is -0.300 e. The van der Waals surface area contributed by atoms with Crippen LogP contribution in [0.1, 0.15) is 30.2 Å². The van der Waals surface area contributed by atoms with Gasteiger partial charge >= 0.3 is 0 Å². The van der Waals surface area contributed by atoms with E-state index >= 15 is 0 Å². The Hall–Kier alpha value is -1.18. The summed E-state index contributed by atoms with van der Waals surface area (Å²) in [6.07, 6.45) is 3.29. The summed E-state index contributed by atoms with van der Waals surface area (Å²) in [5.41, 5.74) is 3.38. The van der Waals surface area contributed by atoms with Gasteiger partial charge in [0.25, 0.3) is 0 Å². The molecule has 0 atom stereocenters. The number of rotatable bonds is 3. The molecule has 0 aliphatic carbocycles. The van der Waals surface area contributed by atoms with Gasteiger partial charge in [-0.25, -0.2) is 0 Å². The van der Waals surface area contributed by atoms with Gasteiger partial charge in [-0.15, -0.1) is 0 Å². The highest BCUT2D eigenvalue weighted by atomic mass is 16.1. The summed E-state index contributed by atoms with van der Waals surface area (Å²) in [6.45, 7) is 5.62. The maximum absolute atomic E-state index is 10.8. The quantitative estimate of drug-likeness (QED) is 0.708. The van der Waals surface area contributed by atoms with E-state index in [0.717, 1.165) is 17.7 Å². The van der Waals surface area contributed by atoms with E-state index < -0.39 is 0 Å². The van der Waals surface area contributed by atoms with Crippen LogP contribution in [-0.4, -0.2) is 10.8 Å². The molecule has 1 aromatic rings. The first-order chi connectivity index (χ1) is 6.09. The number of ketones is 1. The van der Waals surface area contributed by atoms with Crippen LogP contribution in [0.4, 0.5) is 0 Å². The molecule has 0 bridgehead atoms. The Morgan fingerprint density at radius 3 is 2.77 bits per heavy atom. The van der Waals surface area contributed by atoms with Crippen LogP contribution < -0.4 is 0 Å². The molecule has 0 spiro atoms. The Balaban J connectivity index is 2.75. The summed E-state index contributed by atoms with van der Waals surface area (Å²) >= 11 is 0. The Labute approximate surface area is 79.0 Å². The zero-order valence-electron chi connectivity index (χ0n) is 8.42. The number of carbonyl (C=O) groups is 1. The Morgan fingerprint density at radius 1 is 1.46 bits per heavy atom. The monoisotopic (exact) mass is 177 g/mol. The van der Waals surface area contributed by atoms with Crippen LogP contribution in [0.2, 0.25) is 0 Å². The molecule has 0 amide bonds. The van der Waals surface area contributed by atoms with Crippen LogP contribution in [-0.2, 0) is 11.2 Å². The Kier molecular flexibility index (Phi) is 3.18. The molecule has 0 saturated heterocycles. The molecule has 0 radical (unpaired) electrons. The average molecular weight is 177 g/mol. The number of hydrogen-bond acceptors (Lipinski definition) is 2. The van der Waals surface area contributed by atoms with E-state index in [0.29, 0.717) is 6.42 Å². The van der Waals surface area contributed by atoms with E-state index in [1.54, 1.807) is 6.92 Å². The van der Waals surface area contributed by atoms with Gasteiger partial charge in [0.15, 0.2) is 0 Å². The molecule has 0 N–H and O–H groups in total. The largest absolute Gasteiger partial charge is 0.300 e. The molecule has 1 aromatic heterocycles. The lowest BCUT2D eigenvalue weighted by atomic mass is 10.1. The maximum atomic E-state index is 10.8. The van der Waals surface area contributed by atoms with Crippen LogP contribution in [0.3, 0.4) is 0 Å². The lowest BCUT2D eigenvalue weighted by Crippen LogP contribution is -1.98. The highest BCUT2D eigenvalue weighted by Crippen LogP contribution is 2.09. The van der Waals surface area contributed by atoms with E-state index in [9.17, 15) is 4.79 Å². The molecule has 0 aliphatic rings. The molecule has 2 heteroatoms. The summed E-state index contributed by atoms with van der Waals surface area (Å²) in [5, 5.41) is 0. The molecular weight excluding hydrogens is 162 g/mol. The normalized spacial score (nSPS) is 10.1. The molecule has 0 saturated carbocycles. The zero-order valence-corrected chi connectivity index (χ0v) is 8.42. The van der Waals surface area contributed by atoms with Crippen molar-refractivity contribution in [2.45, 2.75) is 33.6 Å². The number of carbonyl (C=O) groups excluding carboxylic acids is 1. The first kappa shape index (κ1) is 9.90. The average Bonchev–Trinajstić information content (AvgIpc) is 2.06. The van der Waals surface area contributed by atoms with Crippen LogP contribution >= 0.6 is 0 Å². The van der Waals surface area contributed by atoms with Crippen molar-refractivity contribution in [3.05, 3.63) is 29.1 Å². The third-order valence-corrected chi connectivity index (χ3v) is 2.07. The second kappa shape index (κ2) is 4.17. The highest BCUT2D eigenvalue weighted by Gasteiger charge is 2.01. The van der Waals surface area contributed by atoms with E-state index in [1.165, 1.54) is 5.56 Å². The molecular formula is C11H15NO. The lowest BCUT2D eigenvalue weighted by molar-refractivity contribution is -0.116. The van der Waals surface area contributed by atoms with Gasteiger partial charge in [-0.3, -0.25) is 4.98 Å². The first-order valence-corrected chi connectivity index (χ1v) is 4.51. The lowest BCUT2D eigenvalue weighted by Gasteiger charge is -2.04. The molecule has 1 heterocycles. The SMILES string of the molecule is CC(=O)CCc1cc(C)cnc1C. The number of aryl methyl sites for hydroxylation is 3. The minimum atomic E-state index is 0.237. The molecule has 0 aliphatic heterocycles. The second-order valence-electron chi connectivity index (χ2n) is 3.46. The Morgan fingerprint density at radius 2 is 2.15 bits per heavy atom. The molecule has 0 unspecified atom stereocenters. The number of Topliss-reactive ketones (excluding diaryl/α,β-unsaturated/α-hetero) is 1. The first-order valence-electron chi connectivity index (χ1n) is 4.51. The van der Waals surface area contributed by atoms with Crippen molar-refractivity contribution in [3.63, 3.8) is 0 Å². The van der Waals surface area contributed by atoms with Crippen LogP contribution in [0.5, 0.6) is 0 Å². The van der Waals surface area contributed by atoms with Crippen LogP contribution in [0.25, 0.3) is 0 Å². The summed E-state index contributed by atoms with van der Waals surface area (Å²) in [7, 11) is 0. The van der Waals surface area contributed by atoms with Crippen molar-refractivity contribution in [1.29, 1.82) is 0 Å². The van der Waals surface area contributed by atoms with E-state index in [1.807, 2.05) is 20.0 Å². The van der Waals surface area contributed by atoms with E-state index in [-0.39, 0.29) is 5.78 Å². The van der Waals surface area contributed by atoms with E-state index in [2.05, 4.69) is 11.1 Å². The smallest absolute Gasteiger partial charge is 0.130 e. The van der Waals surface area contributed by atoms with Crippen LogP contribution in [0, 0.1) is 13.8 Å². The number of hydrogen-bond donors (Lipinski definition) is 0. The number of aromatic nitrogens is 1.